The summed E-state index contributed by atoms with van der Waals surface area (Å²) in [6.45, 7) is 6.23. The van der Waals surface area contributed by atoms with E-state index in [1.54, 1.807) is 12.3 Å². The second kappa shape index (κ2) is 7.36. The van der Waals surface area contributed by atoms with Gasteiger partial charge in [0.1, 0.15) is 4.90 Å². The Morgan fingerprint density at radius 1 is 1.26 bits per heavy atom. The Morgan fingerprint density at radius 3 is 2.53 bits per heavy atom. The van der Waals surface area contributed by atoms with Crippen LogP contribution in [0.4, 0.5) is 0 Å². The number of nitrogens with one attached hydrogen (secondary N) is 1. The highest BCUT2D eigenvalue weighted by Crippen LogP contribution is 2.15. The molecule has 6 heteroatoms. The fraction of sp³-hybridized carbons (Fsp3) is 0.615. The van der Waals surface area contributed by atoms with Gasteiger partial charge in [-0.1, -0.05) is 26.7 Å². The number of sulfonamides is 1. The molecule has 4 nitrogen and oxygen atoms in total. The van der Waals surface area contributed by atoms with Gasteiger partial charge in [-0.3, -0.25) is 4.98 Å². The second-order valence-corrected chi connectivity index (χ2v) is 7.82. The van der Waals surface area contributed by atoms with Gasteiger partial charge in [0.2, 0.25) is 10.0 Å². The molecule has 0 saturated heterocycles. The molecule has 0 saturated carbocycles. The fourth-order valence-corrected chi connectivity index (χ4v) is 3.55. The zero-order chi connectivity index (χ0) is 14.5. The summed E-state index contributed by atoms with van der Waals surface area (Å²) in [7, 11) is -3.48. The Labute approximate surface area is 124 Å². The van der Waals surface area contributed by atoms with Crippen LogP contribution in [0, 0.1) is 5.92 Å². The lowest BCUT2D eigenvalue weighted by Crippen LogP contribution is -2.32. The molecule has 0 aliphatic carbocycles. The molecule has 1 rings (SSSR count). The van der Waals surface area contributed by atoms with Crippen LogP contribution in [-0.2, 0) is 10.0 Å². The molecule has 1 heterocycles. The highest BCUT2D eigenvalue weighted by Gasteiger charge is 2.17. The van der Waals surface area contributed by atoms with E-state index in [-0.39, 0.29) is 10.9 Å². The lowest BCUT2D eigenvalue weighted by Gasteiger charge is -2.14. The van der Waals surface area contributed by atoms with E-state index in [9.17, 15) is 8.42 Å². The Hall–Kier alpha value is -0.460. The number of rotatable bonds is 7. The first kappa shape index (κ1) is 16.6. The zero-order valence-electron chi connectivity index (χ0n) is 11.6. The van der Waals surface area contributed by atoms with E-state index < -0.39 is 10.0 Å². The standard InChI is InChI=1S/C13H21BrN2O2S/c1-10(2)5-4-6-11(3)16-19(17,18)13-7-12(14)8-15-9-13/h7-11,16H,4-6H2,1-3H3. The Morgan fingerprint density at radius 2 is 1.95 bits per heavy atom. The SMILES string of the molecule is CC(C)CCCC(C)NS(=O)(=O)c1cncc(Br)c1. The maximum atomic E-state index is 12.1. The number of aromatic nitrogens is 1. The highest BCUT2D eigenvalue weighted by molar-refractivity contribution is 9.10. The molecule has 1 unspecified atom stereocenters. The first-order chi connectivity index (χ1) is 8.81. The smallest absolute Gasteiger partial charge is 0.242 e. The predicted octanol–water partition coefficient (Wildman–Crippen LogP) is 3.34. The molecule has 1 atom stereocenters. The number of hydrogen-bond donors (Lipinski definition) is 1. The van der Waals surface area contributed by atoms with Crippen LogP contribution < -0.4 is 4.72 Å². The van der Waals surface area contributed by atoms with E-state index in [2.05, 4.69) is 39.5 Å². The van der Waals surface area contributed by atoms with E-state index in [1.165, 1.54) is 6.20 Å². The fourth-order valence-electron chi connectivity index (χ4n) is 1.76. The number of nitrogens with zero attached hydrogens (tertiary/aromatic N) is 1. The summed E-state index contributed by atoms with van der Waals surface area (Å²) in [4.78, 5) is 4.07. The summed E-state index contributed by atoms with van der Waals surface area (Å²) in [5, 5.41) is 0. The lowest BCUT2D eigenvalue weighted by atomic mass is 10.0. The predicted molar refractivity (Wildman–Crippen MR) is 80.4 cm³/mol. The molecule has 19 heavy (non-hydrogen) atoms. The van der Waals surface area contributed by atoms with Gasteiger partial charge in [-0.15, -0.1) is 0 Å². The highest BCUT2D eigenvalue weighted by atomic mass is 79.9. The van der Waals surface area contributed by atoms with Crippen molar-refractivity contribution < 1.29 is 8.42 Å². The van der Waals surface area contributed by atoms with Gasteiger partial charge in [0.05, 0.1) is 0 Å². The van der Waals surface area contributed by atoms with Crippen LogP contribution in [0.25, 0.3) is 0 Å². The molecule has 0 radical (unpaired) electrons. The van der Waals surface area contributed by atoms with Crippen molar-refractivity contribution in [3.8, 4) is 0 Å². The van der Waals surface area contributed by atoms with E-state index in [1.807, 2.05) is 6.92 Å². The molecule has 1 aromatic rings. The lowest BCUT2D eigenvalue weighted by molar-refractivity contribution is 0.488. The molecular weight excluding hydrogens is 328 g/mol. The normalized spacial score (nSPS) is 13.7. The molecule has 0 fully saturated rings. The van der Waals surface area contributed by atoms with Crippen molar-refractivity contribution in [1.82, 2.24) is 9.71 Å². The minimum absolute atomic E-state index is 0.0669. The minimum atomic E-state index is -3.48. The third-order valence-corrected chi connectivity index (χ3v) is 4.76. The van der Waals surface area contributed by atoms with Crippen LogP contribution >= 0.6 is 15.9 Å². The zero-order valence-corrected chi connectivity index (χ0v) is 14.0. The summed E-state index contributed by atoms with van der Waals surface area (Å²) in [5.41, 5.74) is 0. The van der Waals surface area contributed by atoms with Gasteiger partial charge in [-0.25, -0.2) is 13.1 Å². The molecule has 0 amide bonds. The van der Waals surface area contributed by atoms with Crippen molar-refractivity contribution in [3.63, 3.8) is 0 Å². The third-order valence-electron chi connectivity index (χ3n) is 2.77. The average Bonchev–Trinajstić information content (AvgIpc) is 2.27. The first-order valence-corrected chi connectivity index (χ1v) is 8.72. The van der Waals surface area contributed by atoms with Gasteiger partial charge in [0, 0.05) is 22.9 Å². The van der Waals surface area contributed by atoms with Crippen LogP contribution in [0.2, 0.25) is 0 Å². The second-order valence-electron chi connectivity index (χ2n) is 5.19. The monoisotopic (exact) mass is 348 g/mol. The van der Waals surface area contributed by atoms with Crippen molar-refractivity contribution in [1.29, 1.82) is 0 Å². The van der Waals surface area contributed by atoms with Crippen molar-refractivity contribution in [2.24, 2.45) is 5.92 Å². The molecular formula is C13H21BrN2O2S. The van der Waals surface area contributed by atoms with Crippen LogP contribution in [0.5, 0.6) is 0 Å². The summed E-state index contributed by atoms with van der Waals surface area (Å²) >= 11 is 3.22. The summed E-state index contributed by atoms with van der Waals surface area (Å²) in [6.07, 6.45) is 5.90. The Kier molecular flexibility index (Phi) is 6.42. The molecule has 0 bridgehead atoms. The van der Waals surface area contributed by atoms with Gasteiger partial charge in [0.25, 0.3) is 0 Å². The van der Waals surface area contributed by atoms with Crippen LogP contribution in [-0.4, -0.2) is 19.4 Å². The topological polar surface area (TPSA) is 59.1 Å². The molecule has 0 aliphatic heterocycles. The molecule has 0 aliphatic rings. The first-order valence-electron chi connectivity index (χ1n) is 6.44. The third kappa shape index (κ3) is 6.01. The largest absolute Gasteiger partial charge is 0.262 e. The number of pyridine rings is 1. The van der Waals surface area contributed by atoms with E-state index in [0.717, 1.165) is 19.3 Å². The van der Waals surface area contributed by atoms with Gasteiger partial charge in [-0.05, 0) is 41.3 Å². The molecule has 108 valence electrons. The Balaban J connectivity index is 2.59. The van der Waals surface area contributed by atoms with Crippen LogP contribution in [0.1, 0.15) is 40.0 Å². The Bertz CT molecular complexity index is 503. The van der Waals surface area contributed by atoms with Crippen LogP contribution in [0.3, 0.4) is 0 Å². The van der Waals surface area contributed by atoms with E-state index in [0.29, 0.717) is 10.4 Å². The van der Waals surface area contributed by atoms with Gasteiger partial charge >= 0.3 is 0 Å². The van der Waals surface area contributed by atoms with Gasteiger partial charge in [0.15, 0.2) is 0 Å². The summed E-state index contributed by atoms with van der Waals surface area (Å²) in [5.74, 6) is 0.651. The average molecular weight is 349 g/mol. The van der Waals surface area contributed by atoms with E-state index >= 15 is 0 Å². The molecule has 1 aromatic heterocycles. The maximum Gasteiger partial charge on any atom is 0.242 e. The van der Waals surface area contributed by atoms with Gasteiger partial charge < -0.3 is 0 Å². The van der Waals surface area contributed by atoms with Crippen molar-refractivity contribution in [2.45, 2.75) is 51.0 Å². The number of hydrogen-bond acceptors (Lipinski definition) is 3. The van der Waals surface area contributed by atoms with Crippen molar-refractivity contribution in [3.05, 3.63) is 22.9 Å². The molecule has 0 aromatic carbocycles. The van der Waals surface area contributed by atoms with E-state index in [4.69, 9.17) is 0 Å². The molecule has 0 spiro atoms. The maximum absolute atomic E-state index is 12.1. The quantitative estimate of drug-likeness (QED) is 0.821. The van der Waals surface area contributed by atoms with Crippen molar-refractivity contribution >= 4 is 26.0 Å². The van der Waals surface area contributed by atoms with Crippen molar-refractivity contribution in [2.75, 3.05) is 0 Å². The number of halogens is 1. The minimum Gasteiger partial charge on any atom is -0.262 e. The van der Waals surface area contributed by atoms with Crippen LogP contribution in [0.15, 0.2) is 27.8 Å². The molecule has 1 N–H and O–H groups in total. The van der Waals surface area contributed by atoms with Gasteiger partial charge in [-0.2, -0.15) is 0 Å². The summed E-state index contributed by atoms with van der Waals surface area (Å²) < 4.78 is 27.6. The summed E-state index contributed by atoms with van der Waals surface area (Å²) in [6, 6.07) is 1.48.